The first-order valence-electron chi connectivity index (χ1n) is 11.9. The quantitative estimate of drug-likeness (QED) is 0.326. The summed E-state index contributed by atoms with van der Waals surface area (Å²) >= 11 is 0. The zero-order valence-corrected chi connectivity index (χ0v) is 20.1. The number of rotatable bonds is 9. The van der Waals surface area contributed by atoms with Gasteiger partial charge >= 0.3 is 11.9 Å². The number of carboxylic acid groups (broad SMARTS) is 1. The van der Waals surface area contributed by atoms with E-state index in [0.29, 0.717) is 38.4 Å². The minimum Gasteiger partial charge on any atom is -0.480 e. The molecule has 12 nitrogen and oxygen atoms in total. The number of ether oxygens (including phenoxy) is 1. The van der Waals surface area contributed by atoms with Crippen molar-refractivity contribution >= 4 is 28.6 Å². The molecule has 1 saturated heterocycles. The predicted octanol–water partition coefficient (Wildman–Crippen LogP) is 1.36. The second-order valence-electron chi connectivity index (χ2n) is 8.75. The normalized spacial score (nSPS) is 15.0. The lowest BCUT2D eigenvalue weighted by Crippen LogP contribution is -2.42. The third-order valence-electron chi connectivity index (χ3n) is 6.14. The number of fused-ring (bicyclic) bond motifs is 1. The van der Waals surface area contributed by atoms with Crippen LogP contribution in [0.2, 0.25) is 0 Å². The van der Waals surface area contributed by atoms with Crippen LogP contribution in [0.25, 0.3) is 10.8 Å². The number of carbonyl (C=O) groups is 3. The number of aliphatic carboxylic acids is 1. The van der Waals surface area contributed by atoms with Gasteiger partial charge in [-0.05, 0) is 22.8 Å². The maximum Gasteiger partial charge on any atom is 0.320 e. The Hall–Kier alpha value is -4.25. The fourth-order valence-electron chi connectivity index (χ4n) is 4.15. The second kappa shape index (κ2) is 12.1. The van der Waals surface area contributed by atoms with Crippen molar-refractivity contribution in [2.75, 3.05) is 26.3 Å². The highest BCUT2D eigenvalue weighted by Crippen LogP contribution is 2.24. The number of imidazole rings is 1. The molecule has 1 unspecified atom stereocenters. The Morgan fingerprint density at radius 3 is 2.65 bits per heavy atom. The van der Waals surface area contributed by atoms with Crippen molar-refractivity contribution in [3.63, 3.8) is 0 Å². The third kappa shape index (κ3) is 6.91. The van der Waals surface area contributed by atoms with E-state index in [1.807, 2.05) is 42.5 Å². The smallest absolute Gasteiger partial charge is 0.320 e. The molecule has 3 N–H and O–H groups in total. The number of morpholine rings is 1. The highest BCUT2D eigenvalue weighted by atomic mass is 16.5. The van der Waals surface area contributed by atoms with E-state index in [9.17, 15) is 14.4 Å². The molecule has 12 heteroatoms. The number of amides is 2. The summed E-state index contributed by atoms with van der Waals surface area (Å²) < 4.78 is 6.53. The number of carbonyl (C=O) groups excluding carboxylic acids is 2. The molecule has 2 heterocycles. The van der Waals surface area contributed by atoms with E-state index in [1.54, 1.807) is 4.90 Å². The second-order valence-corrected chi connectivity index (χ2v) is 8.75. The van der Waals surface area contributed by atoms with E-state index in [2.05, 4.69) is 20.2 Å². The Labute approximate surface area is 212 Å². The fraction of sp³-hybridized carbons (Fsp3) is 0.360. The molecule has 0 aliphatic carbocycles. The van der Waals surface area contributed by atoms with Gasteiger partial charge < -0.3 is 20.5 Å². The first-order chi connectivity index (χ1) is 17.9. The zero-order valence-electron chi connectivity index (χ0n) is 20.1. The van der Waals surface area contributed by atoms with Crippen molar-refractivity contribution in [2.45, 2.75) is 25.3 Å². The summed E-state index contributed by atoms with van der Waals surface area (Å²) in [6.07, 6.45) is 3.08. The number of hydrogen-bond acceptors (Lipinski definition) is 7. The summed E-state index contributed by atoms with van der Waals surface area (Å²) in [4.78, 5) is 46.3. The standard InChI is InChI=1S/C25H27N7O5/c26-22(25(35)36)14-20-15-32(16-27-20)30-29-28-24(34)19(13-23(33)31-8-10-37-11-9-31)12-18-6-3-5-17-4-1-2-7-21(17)18/h1-7,15-16,19,22H,8-14,26H2/p+1/t19?,22-/m0/s1. The maximum absolute atomic E-state index is 13.1. The molecule has 2 aromatic carbocycles. The number of benzene rings is 2. The molecule has 1 aliphatic heterocycles. The van der Waals surface area contributed by atoms with Gasteiger partial charge in [0, 0.05) is 25.9 Å². The lowest BCUT2D eigenvalue weighted by atomic mass is 9.91. The average molecular weight is 507 g/mol. The lowest BCUT2D eigenvalue weighted by Gasteiger charge is -2.28. The van der Waals surface area contributed by atoms with Gasteiger partial charge in [-0.2, -0.15) is 0 Å². The van der Waals surface area contributed by atoms with Crippen LogP contribution in [0.15, 0.2) is 65.3 Å². The van der Waals surface area contributed by atoms with E-state index >= 15 is 0 Å². The largest absolute Gasteiger partial charge is 0.480 e. The van der Waals surface area contributed by atoms with Crippen molar-refractivity contribution in [1.82, 2.24) is 19.5 Å². The predicted molar refractivity (Wildman–Crippen MR) is 132 cm³/mol. The minimum atomic E-state index is -1.14. The molecule has 0 radical (unpaired) electrons. The summed E-state index contributed by atoms with van der Waals surface area (Å²) in [6.45, 7) is 1.91. The maximum atomic E-state index is 13.1. The molecule has 0 bridgehead atoms. The Balaban J connectivity index is 1.52. The first kappa shape index (κ1) is 25.8. The summed E-state index contributed by atoms with van der Waals surface area (Å²) in [5.41, 5.74) is 6.86. The summed E-state index contributed by atoms with van der Waals surface area (Å²) in [5.74, 6) is -2.57. The SMILES string of the molecule is N[C@@H](Cc1cn(N=[N+]=NC(=O)C(CC(=O)N2CCOCC2)Cc2cccc3ccccc23)cn1)C(=O)O. The summed E-state index contributed by atoms with van der Waals surface area (Å²) in [6, 6.07) is 12.6. The number of nitrogens with zero attached hydrogens (tertiary/aromatic N) is 6. The average Bonchev–Trinajstić information content (AvgIpc) is 3.35. The molecular formula is C25H28N7O5+. The van der Waals surface area contributed by atoms with Crippen LogP contribution < -0.4 is 10.6 Å². The monoisotopic (exact) mass is 506 g/mol. The molecular weight excluding hydrogens is 478 g/mol. The Morgan fingerprint density at radius 1 is 1.11 bits per heavy atom. The van der Waals surface area contributed by atoms with Crippen LogP contribution in [-0.4, -0.2) is 69.8 Å². The number of aromatic nitrogens is 2. The van der Waals surface area contributed by atoms with E-state index in [4.69, 9.17) is 15.6 Å². The van der Waals surface area contributed by atoms with E-state index in [1.165, 1.54) is 17.2 Å². The van der Waals surface area contributed by atoms with E-state index in [-0.39, 0.29) is 18.7 Å². The molecule has 1 fully saturated rings. The van der Waals surface area contributed by atoms with Crippen LogP contribution in [0.1, 0.15) is 17.7 Å². The fourth-order valence-corrected chi connectivity index (χ4v) is 4.15. The van der Waals surface area contributed by atoms with Crippen LogP contribution in [0, 0.1) is 5.92 Å². The van der Waals surface area contributed by atoms with E-state index in [0.717, 1.165) is 16.3 Å². The highest BCUT2D eigenvalue weighted by Gasteiger charge is 2.28. The molecule has 1 aliphatic rings. The van der Waals surface area contributed by atoms with Crippen molar-refractivity contribution in [1.29, 1.82) is 0 Å². The van der Waals surface area contributed by atoms with Gasteiger partial charge in [-0.3, -0.25) is 14.4 Å². The molecule has 0 spiro atoms. The van der Waals surface area contributed by atoms with Gasteiger partial charge in [0.2, 0.25) is 17.5 Å². The Bertz CT molecular complexity index is 1340. The van der Waals surface area contributed by atoms with Gasteiger partial charge in [0.25, 0.3) is 0 Å². The van der Waals surface area contributed by atoms with Gasteiger partial charge in [0.05, 0.1) is 34.9 Å². The molecule has 2 amide bonds. The molecule has 0 saturated carbocycles. The molecule has 3 aromatic rings. The summed E-state index contributed by atoms with van der Waals surface area (Å²) in [5, 5.41) is 18.5. The zero-order chi connectivity index (χ0) is 26.2. The van der Waals surface area contributed by atoms with Crippen LogP contribution >= 0.6 is 0 Å². The van der Waals surface area contributed by atoms with Crippen molar-refractivity contribution < 1.29 is 24.2 Å². The molecule has 4 rings (SSSR count). The van der Waals surface area contributed by atoms with Gasteiger partial charge in [-0.1, -0.05) is 47.1 Å². The third-order valence-corrected chi connectivity index (χ3v) is 6.14. The number of nitrogens with two attached hydrogens (primary N) is 1. The van der Waals surface area contributed by atoms with Crippen molar-refractivity contribution in [2.24, 2.45) is 22.0 Å². The van der Waals surface area contributed by atoms with Gasteiger partial charge in [-0.25, -0.2) is 4.98 Å². The Kier molecular flexibility index (Phi) is 8.47. The molecule has 2 atom stereocenters. The number of hydrogen-bond donors (Lipinski definition) is 2. The van der Waals surface area contributed by atoms with Crippen LogP contribution in [0.4, 0.5) is 0 Å². The lowest BCUT2D eigenvalue weighted by molar-refractivity contribution is -0.139. The van der Waals surface area contributed by atoms with Gasteiger partial charge in [0.1, 0.15) is 12.2 Å². The van der Waals surface area contributed by atoms with Gasteiger partial charge in [-0.15, -0.1) is 0 Å². The summed E-state index contributed by atoms with van der Waals surface area (Å²) in [7, 11) is 0. The van der Waals surface area contributed by atoms with Crippen molar-refractivity contribution in [3.8, 4) is 0 Å². The van der Waals surface area contributed by atoms with E-state index < -0.39 is 23.8 Å². The van der Waals surface area contributed by atoms with Gasteiger partial charge in [0.15, 0.2) is 0 Å². The van der Waals surface area contributed by atoms with Crippen LogP contribution in [-0.2, 0) is 32.0 Å². The van der Waals surface area contributed by atoms with Crippen molar-refractivity contribution in [3.05, 3.63) is 66.2 Å². The Morgan fingerprint density at radius 2 is 1.86 bits per heavy atom. The first-order valence-corrected chi connectivity index (χ1v) is 11.9. The molecule has 1 aromatic heterocycles. The van der Waals surface area contributed by atoms with Crippen LogP contribution in [0.5, 0.6) is 0 Å². The number of carboxylic acids is 1. The molecule has 192 valence electrons. The molecule has 37 heavy (non-hydrogen) atoms. The highest BCUT2D eigenvalue weighted by molar-refractivity contribution is 5.89. The van der Waals surface area contributed by atoms with Crippen LogP contribution in [0.3, 0.4) is 0 Å². The minimum absolute atomic E-state index is 0.0105. The topological polar surface area (TPSA) is 167 Å².